The molecular formula is C20H28GeN2. The van der Waals surface area contributed by atoms with E-state index in [0.29, 0.717) is 12.0 Å². The second-order valence-electron chi connectivity index (χ2n) is 7.41. The molecule has 122 valence electrons. The minimum absolute atomic E-state index is 0.501. The van der Waals surface area contributed by atoms with Crippen molar-refractivity contribution in [2.75, 3.05) is 3.86 Å². The van der Waals surface area contributed by atoms with Crippen LogP contribution >= 0.6 is 0 Å². The first-order valence-corrected chi connectivity index (χ1v) is 14.6. The molecule has 1 aliphatic heterocycles. The van der Waals surface area contributed by atoms with Crippen molar-refractivity contribution in [3.8, 4) is 0 Å². The van der Waals surface area contributed by atoms with E-state index in [4.69, 9.17) is 0 Å². The Morgan fingerprint density at radius 2 is 1.65 bits per heavy atom. The number of hydrogen-bond donors (Lipinski definition) is 0. The van der Waals surface area contributed by atoms with Gasteiger partial charge in [0.2, 0.25) is 0 Å². The average molecular weight is 369 g/mol. The van der Waals surface area contributed by atoms with Gasteiger partial charge in [-0.1, -0.05) is 0 Å². The van der Waals surface area contributed by atoms with E-state index in [0.717, 1.165) is 0 Å². The summed E-state index contributed by atoms with van der Waals surface area (Å²) in [6.45, 7) is 9.08. The Balaban J connectivity index is 1.99. The molecule has 1 aromatic rings. The summed E-state index contributed by atoms with van der Waals surface area (Å²) in [5, 5.41) is 0. The molecule has 0 N–H and O–H groups in total. The van der Waals surface area contributed by atoms with Crippen LogP contribution in [0.25, 0.3) is 0 Å². The first kappa shape index (κ1) is 16.4. The van der Waals surface area contributed by atoms with Gasteiger partial charge in [-0.15, -0.1) is 0 Å². The molecule has 0 radical (unpaired) electrons. The topological polar surface area (TPSA) is 6.48 Å². The average Bonchev–Trinajstić information content (AvgIpc) is 2.75. The predicted octanol–water partition coefficient (Wildman–Crippen LogP) is 5.12. The molecule has 0 aromatic heterocycles. The number of rotatable bonds is 2. The summed E-state index contributed by atoms with van der Waals surface area (Å²) in [5.41, 5.74) is 5.64. The number of nitrogens with zero attached hydrogens (tertiary/aromatic N) is 2. The van der Waals surface area contributed by atoms with E-state index in [1.54, 1.807) is 0 Å². The Labute approximate surface area is 144 Å². The van der Waals surface area contributed by atoms with Gasteiger partial charge in [0.05, 0.1) is 0 Å². The van der Waals surface area contributed by atoms with Crippen molar-refractivity contribution in [2.45, 2.75) is 45.2 Å². The molecule has 0 spiro atoms. The summed E-state index contributed by atoms with van der Waals surface area (Å²) in [6.07, 6.45) is 11.5. The van der Waals surface area contributed by atoms with E-state index in [1.807, 2.05) is 0 Å². The van der Waals surface area contributed by atoms with Gasteiger partial charge in [-0.2, -0.15) is 0 Å². The molecule has 2 nitrogen and oxygen atoms in total. The van der Waals surface area contributed by atoms with E-state index in [-0.39, 0.29) is 0 Å². The predicted molar refractivity (Wildman–Crippen MR) is 103 cm³/mol. The van der Waals surface area contributed by atoms with Gasteiger partial charge >= 0.3 is 144 Å². The van der Waals surface area contributed by atoms with Crippen molar-refractivity contribution < 1.29 is 0 Å². The van der Waals surface area contributed by atoms with E-state index in [1.165, 1.54) is 22.4 Å². The van der Waals surface area contributed by atoms with Crippen molar-refractivity contribution >= 4 is 19.4 Å². The maximum absolute atomic E-state index is 2.70. The Bertz CT molecular complexity index is 679. The van der Waals surface area contributed by atoms with E-state index < -0.39 is 13.7 Å². The molecule has 0 bridgehead atoms. The molecule has 2 aliphatic rings. The molecule has 0 saturated carbocycles. The Kier molecular flexibility index (Phi) is 4.22. The second-order valence-corrected chi connectivity index (χ2v) is 15.8. The van der Waals surface area contributed by atoms with Gasteiger partial charge in [0, 0.05) is 0 Å². The first-order chi connectivity index (χ1) is 10.8. The van der Waals surface area contributed by atoms with Crippen LogP contribution in [-0.4, -0.2) is 23.6 Å². The minimum atomic E-state index is -2.39. The van der Waals surface area contributed by atoms with Crippen LogP contribution in [0.2, 0.25) is 11.5 Å². The van der Waals surface area contributed by atoms with Gasteiger partial charge in [0.1, 0.15) is 0 Å². The standard InChI is InChI=1S/C20H28GeN2/c1-15-9-7-10-16(2)19(15)22-13-14-23(21(22,5)6)20-17(3)11-8-12-18(20)4/h7-15,19H,1-6H3. The van der Waals surface area contributed by atoms with Gasteiger partial charge in [0.15, 0.2) is 0 Å². The number of aryl methyl sites for hydroxylation is 2. The second kappa shape index (κ2) is 5.90. The molecule has 1 aromatic carbocycles. The van der Waals surface area contributed by atoms with Crippen molar-refractivity contribution in [3.63, 3.8) is 0 Å². The molecule has 0 fully saturated rings. The van der Waals surface area contributed by atoms with Crippen LogP contribution < -0.4 is 3.86 Å². The normalized spacial score (nSPS) is 25.9. The third-order valence-corrected chi connectivity index (χ3v) is 12.1. The van der Waals surface area contributed by atoms with Gasteiger partial charge in [-0.25, -0.2) is 0 Å². The molecule has 0 saturated heterocycles. The van der Waals surface area contributed by atoms with E-state index in [2.05, 4.69) is 95.7 Å². The molecule has 23 heavy (non-hydrogen) atoms. The van der Waals surface area contributed by atoms with Crippen molar-refractivity contribution in [3.05, 3.63) is 65.5 Å². The van der Waals surface area contributed by atoms with Gasteiger partial charge in [-0.3, -0.25) is 0 Å². The zero-order chi connectivity index (χ0) is 16.8. The van der Waals surface area contributed by atoms with Crippen LogP contribution in [0.5, 0.6) is 0 Å². The number of allylic oxidation sites excluding steroid dienone is 2. The molecular weight excluding hydrogens is 341 g/mol. The molecule has 1 aliphatic carbocycles. The van der Waals surface area contributed by atoms with Gasteiger partial charge < -0.3 is 0 Å². The molecule has 0 amide bonds. The summed E-state index contributed by atoms with van der Waals surface area (Å²) in [5.74, 6) is 5.57. The zero-order valence-corrected chi connectivity index (χ0v) is 17.3. The molecule has 1 heterocycles. The summed E-state index contributed by atoms with van der Waals surface area (Å²) in [4.78, 5) is 0. The summed E-state index contributed by atoms with van der Waals surface area (Å²) >= 11 is -2.39. The molecule has 3 rings (SSSR count). The number of para-hydroxylation sites is 1. The maximum atomic E-state index is 2.70. The first-order valence-electron chi connectivity index (χ1n) is 8.51. The zero-order valence-electron chi connectivity index (χ0n) is 15.2. The van der Waals surface area contributed by atoms with E-state index >= 15 is 0 Å². The summed E-state index contributed by atoms with van der Waals surface area (Å²) in [6, 6.07) is 7.12. The van der Waals surface area contributed by atoms with Crippen LogP contribution in [0.15, 0.2) is 54.4 Å². The van der Waals surface area contributed by atoms with Crippen LogP contribution in [0.3, 0.4) is 0 Å². The SMILES string of the molecule is CC1=CC=CC(C)C1[N]1C=C[N](c2c(C)cccc2C)[Ge]1([CH3])[CH3]. The monoisotopic (exact) mass is 370 g/mol. The van der Waals surface area contributed by atoms with Crippen LogP contribution in [0.4, 0.5) is 5.69 Å². The number of hydrogen-bond acceptors (Lipinski definition) is 2. The van der Waals surface area contributed by atoms with Crippen molar-refractivity contribution in [1.29, 1.82) is 0 Å². The number of anilines is 1. The molecule has 2 atom stereocenters. The summed E-state index contributed by atoms with van der Waals surface area (Å²) < 4.78 is 5.31. The van der Waals surface area contributed by atoms with Gasteiger partial charge in [-0.05, 0) is 0 Å². The quantitative estimate of drug-likeness (QED) is 0.668. The van der Waals surface area contributed by atoms with E-state index in [9.17, 15) is 0 Å². The fourth-order valence-electron chi connectivity index (χ4n) is 4.07. The molecule has 2 unspecified atom stereocenters. The fraction of sp³-hybridized carbons (Fsp3) is 0.400. The Morgan fingerprint density at radius 3 is 2.26 bits per heavy atom. The Morgan fingerprint density at radius 1 is 1.00 bits per heavy atom. The van der Waals surface area contributed by atoms with Crippen LogP contribution in [0, 0.1) is 19.8 Å². The fourth-order valence-corrected chi connectivity index (χ4v) is 10.6. The van der Waals surface area contributed by atoms with Crippen LogP contribution in [0.1, 0.15) is 25.0 Å². The van der Waals surface area contributed by atoms with Crippen LogP contribution in [-0.2, 0) is 0 Å². The third-order valence-electron chi connectivity index (χ3n) is 5.32. The third kappa shape index (κ3) is 2.67. The molecule has 3 heteroatoms. The summed E-state index contributed by atoms with van der Waals surface area (Å²) in [7, 11) is 0. The Hall–Kier alpha value is -1.42. The van der Waals surface area contributed by atoms with Crippen molar-refractivity contribution in [2.24, 2.45) is 5.92 Å². The number of benzene rings is 1. The van der Waals surface area contributed by atoms with Crippen molar-refractivity contribution in [1.82, 2.24) is 3.86 Å². The van der Waals surface area contributed by atoms with Gasteiger partial charge in [0.25, 0.3) is 0 Å².